The Morgan fingerprint density at radius 3 is 2.21 bits per heavy atom. The lowest BCUT2D eigenvalue weighted by Gasteiger charge is -2.20. The zero-order chi connectivity index (χ0) is 10.2. The topological polar surface area (TPSA) is 26.0 Å². The third-order valence-electron chi connectivity index (χ3n) is 4.99. The summed E-state index contributed by atoms with van der Waals surface area (Å²) in [5.41, 5.74) is 6.99. The van der Waals surface area contributed by atoms with Crippen molar-refractivity contribution in [2.24, 2.45) is 22.5 Å². The second-order valence-electron chi connectivity index (χ2n) is 6.23. The summed E-state index contributed by atoms with van der Waals surface area (Å²) in [4.78, 5) is 0. The van der Waals surface area contributed by atoms with Crippen LogP contribution >= 0.6 is 0 Å². The maximum Gasteiger partial charge on any atom is -0.00152 e. The molecule has 0 heterocycles. The summed E-state index contributed by atoms with van der Waals surface area (Å²) in [7, 11) is 0. The molecule has 2 rings (SSSR count). The van der Waals surface area contributed by atoms with Crippen molar-refractivity contribution >= 4 is 0 Å². The lowest BCUT2D eigenvalue weighted by Crippen LogP contribution is -2.21. The number of hydrogen-bond acceptors (Lipinski definition) is 1. The van der Waals surface area contributed by atoms with Gasteiger partial charge in [0.2, 0.25) is 0 Å². The van der Waals surface area contributed by atoms with E-state index in [1.54, 1.807) is 0 Å². The molecule has 0 radical (unpaired) electrons. The Kier molecular flexibility index (Phi) is 2.63. The van der Waals surface area contributed by atoms with E-state index in [-0.39, 0.29) is 0 Å². The van der Waals surface area contributed by atoms with Crippen LogP contribution in [0.15, 0.2) is 0 Å². The van der Waals surface area contributed by atoms with Gasteiger partial charge in [0.15, 0.2) is 0 Å². The first-order valence-corrected chi connectivity index (χ1v) is 6.30. The first-order chi connectivity index (χ1) is 6.60. The van der Waals surface area contributed by atoms with Crippen LogP contribution in [-0.4, -0.2) is 6.54 Å². The van der Waals surface area contributed by atoms with E-state index in [2.05, 4.69) is 13.8 Å². The van der Waals surface area contributed by atoms with Gasteiger partial charge in [-0.3, -0.25) is 0 Å². The zero-order valence-electron chi connectivity index (χ0n) is 9.81. The molecular formula is C13H25N. The third-order valence-corrected chi connectivity index (χ3v) is 4.99. The Hall–Kier alpha value is -0.0400. The van der Waals surface area contributed by atoms with Gasteiger partial charge < -0.3 is 5.73 Å². The summed E-state index contributed by atoms with van der Waals surface area (Å²) in [5, 5.41) is 0. The van der Waals surface area contributed by atoms with Crippen molar-refractivity contribution in [3.63, 3.8) is 0 Å². The number of nitrogens with two attached hydrogens (primary N) is 1. The Morgan fingerprint density at radius 1 is 1.21 bits per heavy atom. The van der Waals surface area contributed by atoms with Crippen LogP contribution in [0.1, 0.15) is 58.8 Å². The molecule has 0 aromatic carbocycles. The van der Waals surface area contributed by atoms with E-state index in [1.807, 2.05) is 0 Å². The van der Waals surface area contributed by atoms with Gasteiger partial charge in [-0.15, -0.1) is 0 Å². The van der Waals surface area contributed by atoms with Crippen LogP contribution in [0.2, 0.25) is 0 Å². The van der Waals surface area contributed by atoms with Gasteiger partial charge in [0.05, 0.1) is 0 Å². The van der Waals surface area contributed by atoms with E-state index in [4.69, 9.17) is 5.73 Å². The van der Waals surface area contributed by atoms with Gasteiger partial charge in [-0.1, -0.05) is 39.5 Å². The van der Waals surface area contributed by atoms with Crippen molar-refractivity contribution in [1.29, 1.82) is 0 Å². The molecule has 2 aliphatic carbocycles. The van der Waals surface area contributed by atoms with Crippen molar-refractivity contribution in [3.05, 3.63) is 0 Å². The fraction of sp³-hybridized carbons (Fsp3) is 1.00. The highest BCUT2D eigenvalue weighted by Gasteiger charge is 2.59. The van der Waals surface area contributed by atoms with Crippen LogP contribution in [-0.2, 0) is 0 Å². The third kappa shape index (κ3) is 1.71. The molecule has 0 spiro atoms. The maximum absolute atomic E-state index is 5.93. The summed E-state index contributed by atoms with van der Waals surface area (Å²) in [5.74, 6) is 1.04. The maximum atomic E-state index is 5.93. The van der Waals surface area contributed by atoms with Gasteiger partial charge in [-0.2, -0.15) is 0 Å². The fourth-order valence-electron chi connectivity index (χ4n) is 3.46. The van der Waals surface area contributed by atoms with Crippen LogP contribution in [0.5, 0.6) is 0 Å². The van der Waals surface area contributed by atoms with Gasteiger partial charge in [0.1, 0.15) is 0 Å². The highest BCUT2D eigenvalue weighted by Crippen LogP contribution is 2.65. The van der Waals surface area contributed by atoms with Crippen molar-refractivity contribution in [3.8, 4) is 0 Å². The molecule has 0 aliphatic heterocycles. The van der Waals surface area contributed by atoms with Crippen molar-refractivity contribution < 1.29 is 0 Å². The average molecular weight is 195 g/mol. The smallest absolute Gasteiger partial charge is 0.00152 e. The molecule has 2 saturated carbocycles. The predicted octanol–water partition coefficient (Wildman–Crippen LogP) is 3.33. The highest BCUT2D eigenvalue weighted by atomic mass is 14.7. The average Bonchev–Trinajstić information content (AvgIpc) is 2.56. The minimum absolute atomic E-state index is 0.523. The van der Waals surface area contributed by atoms with Crippen LogP contribution in [0, 0.1) is 16.7 Å². The minimum atomic E-state index is 0.523. The van der Waals surface area contributed by atoms with Gasteiger partial charge >= 0.3 is 0 Å². The van der Waals surface area contributed by atoms with E-state index in [9.17, 15) is 0 Å². The molecule has 1 nitrogen and oxygen atoms in total. The highest BCUT2D eigenvalue weighted by molar-refractivity contribution is 5.09. The summed E-state index contributed by atoms with van der Waals surface area (Å²) in [6.45, 7) is 5.68. The normalized spacial score (nSPS) is 36.2. The molecule has 2 aliphatic rings. The van der Waals surface area contributed by atoms with E-state index >= 15 is 0 Å². The van der Waals surface area contributed by atoms with Crippen molar-refractivity contribution in [2.45, 2.75) is 58.8 Å². The Balaban J connectivity index is 1.79. The first kappa shape index (κ1) is 10.5. The minimum Gasteiger partial charge on any atom is -0.330 e. The zero-order valence-corrected chi connectivity index (χ0v) is 9.81. The molecular weight excluding hydrogens is 170 g/mol. The molecule has 0 amide bonds. The molecule has 0 aromatic heterocycles. The van der Waals surface area contributed by atoms with E-state index in [0.29, 0.717) is 10.8 Å². The lowest BCUT2D eigenvalue weighted by molar-refractivity contribution is 0.322. The van der Waals surface area contributed by atoms with Gasteiger partial charge in [0, 0.05) is 0 Å². The van der Waals surface area contributed by atoms with Gasteiger partial charge in [0.25, 0.3) is 0 Å². The van der Waals surface area contributed by atoms with Crippen LogP contribution in [0.3, 0.4) is 0 Å². The second kappa shape index (κ2) is 3.52. The summed E-state index contributed by atoms with van der Waals surface area (Å²) in [6.07, 6.45) is 10.1. The molecule has 2 fully saturated rings. The molecule has 0 aromatic rings. The molecule has 0 saturated heterocycles. The van der Waals surface area contributed by atoms with E-state index < -0.39 is 0 Å². The second-order valence-corrected chi connectivity index (χ2v) is 6.23. The molecule has 14 heavy (non-hydrogen) atoms. The van der Waals surface area contributed by atoms with E-state index in [0.717, 1.165) is 12.5 Å². The Morgan fingerprint density at radius 2 is 1.79 bits per heavy atom. The monoisotopic (exact) mass is 195 g/mol. The Labute approximate surface area is 88.4 Å². The summed E-state index contributed by atoms with van der Waals surface area (Å²) in [6, 6.07) is 0. The van der Waals surface area contributed by atoms with Crippen molar-refractivity contribution in [2.75, 3.05) is 6.54 Å². The van der Waals surface area contributed by atoms with E-state index in [1.165, 1.54) is 44.9 Å². The molecule has 1 unspecified atom stereocenters. The lowest BCUT2D eigenvalue weighted by atomic mass is 9.87. The summed E-state index contributed by atoms with van der Waals surface area (Å²) < 4.78 is 0. The van der Waals surface area contributed by atoms with Gasteiger partial charge in [-0.25, -0.2) is 0 Å². The summed E-state index contributed by atoms with van der Waals surface area (Å²) >= 11 is 0. The number of rotatable bonds is 4. The van der Waals surface area contributed by atoms with Crippen molar-refractivity contribution in [1.82, 2.24) is 0 Å². The quantitative estimate of drug-likeness (QED) is 0.731. The SMILES string of the molecule is CC1(C)CC1(CN)CCC1CCCC1. The predicted molar refractivity (Wildman–Crippen MR) is 61.1 cm³/mol. The molecule has 82 valence electrons. The van der Waals surface area contributed by atoms with Gasteiger partial charge in [-0.05, 0) is 42.6 Å². The van der Waals surface area contributed by atoms with Crippen LogP contribution in [0.4, 0.5) is 0 Å². The molecule has 1 atom stereocenters. The molecule has 0 bridgehead atoms. The van der Waals surface area contributed by atoms with Crippen LogP contribution in [0.25, 0.3) is 0 Å². The fourth-order valence-corrected chi connectivity index (χ4v) is 3.46. The molecule has 1 heteroatoms. The largest absolute Gasteiger partial charge is 0.330 e. The Bertz CT molecular complexity index is 203. The van der Waals surface area contributed by atoms with Crippen LogP contribution < -0.4 is 5.73 Å². The molecule has 2 N–H and O–H groups in total. The number of hydrogen-bond donors (Lipinski definition) is 1. The standard InChI is InChI=1S/C13H25N/c1-12(2)9-13(12,10-14)8-7-11-5-3-4-6-11/h11H,3-10,14H2,1-2H3. The first-order valence-electron chi connectivity index (χ1n) is 6.30.